The van der Waals surface area contributed by atoms with E-state index in [0.717, 1.165) is 13.8 Å². The quantitative estimate of drug-likeness (QED) is 0.143. The summed E-state index contributed by atoms with van der Waals surface area (Å²) in [5, 5.41) is 21.7. The van der Waals surface area contributed by atoms with Crippen LogP contribution in [0.1, 0.15) is 13.8 Å². The molecule has 10 nitrogen and oxygen atoms in total. The van der Waals surface area contributed by atoms with E-state index in [-0.39, 0.29) is 82.1 Å². The normalized spacial score (nSPS) is 12.3. The van der Waals surface area contributed by atoms with Gasteiger partial charge in [-0.2, -0.15) is 25.6 Å². The third-order valence-electron chi connectivity index (χ3n) is 3.36. The van der Waals surface area contributed by atoms with Gasteiger partial charge in [0.1, 0.15) is 24.7 Å². The van der Waals surface area contributed by atoms with Crippen LogP contribution in [0.4, 0.5) is 0 Å². The Morgan fingerprint density at radius 3 is 1.22 bits per heavy atom. The van der Waals surface area contributed by atoms with Crippen LogP contribution in [0.5, 0.6) is 11.5 Å². The van der Waals surface area contributed by atoms with Gasteiger partial charge in [0, 0.05) is 0 Å². The zero-order valence-electron chi connectivity index (χ0n) is 18.0. The molecular weight excluding hydrogens is 482 g/mol. The average molecular weight is 500 g/mol. The molecule has 0 N–H and O–H groups in total. The first-order valence-corrected chi connectivity index (χ1v) is 11.3. The minimum atomic E-state index is -4.03. The molecule has 0 fully saturated rings. The number of hydrogen-bond donors (Lipinski definition) is 0. The standard InChI is InChI=1S/C18H20N2O8S2.2Na/c1-13(21)19-29(23,24)17-7-3-15(4-8-17)27-11-12-28-16-5-9-18(10-6-16)30(25,26)20-14(2)22;;/h3-10H,11-12H2,1-2H3,(H,19,21)(H,20,22);;/q;2*+1/p-2. The van der Waals surface area contributed by atoms with Crippen molar-refractivity contribution >= 4 is 31.8 Å². The number of rotatable bonds is 9. The van der Waals surface area contributed by atoms with Crippen molar-refractivity contribution in [2.24, 2.45) is 8.80 Å². The maximum Gasteiger partial charge on any atom is 1.00 e. The molecule has 0 aliphatic carbocycles. The van der Waals surface area contributed by atoms with Crippen molar-refractivity contribution in [3.63, 3.8) is 0 Å². The van der Waals surface area contributed by atoms with E-state index >= 15 is 0 Å². The van der Waals surface area contributed by atoms with Crippen LogP contribution in [0, 0.1) is 0 Å². The van der Waals surface area contributed by atoms with Gasteiger partial charge in [-0.1, -0.05) is 0 Å². The Morgan fingerprint density at radius 2 is 0.969 bits per heavy atom. The van der Waals surface area contributed by atoms with E-state index in [4.69, 9.17) is 9.47 Å². The smallest absolute Gasteiger partial charge is 0.861 e. The molecule has 32 heavy (non-hydrogen) atoms. The Labute approximate surface area is 231 Å². The fraction of sp³-hybridized carbons (Fsp3) is 0.222. The van der Waals surface area contributed by atoms with Crippen LogP contribution >= 0.6 is 0 Å². The molecule has 2 aromatic carbocycles. The van der Waals surface area contributed by atoms with E-state index in [9.17, 15) is 27.0 Å². The van der Waals surface area contributed by atoms with Gasteiger partial charge in [0.25, 0.3) is 20.0 Å². The molecular formula is C18H18N2Na2O8S2. The maximum absolute atomic E-state index is 11.8. The monoisotopic (exact) mass is 500 g/mol. The molecule has 0 spiro atoms. The predicted octanol–water partition coefficient (Wildman–Crippen LogP) is -5.91. The van der Waals surface area contributed by atoms with E-state index in [0.29, 0.717) is 11.5 Å². The van der Waals surface area contributed by atoms with E-state index in [1.54, 1.807) is 0 Å². The summed E-state index contributed by atoms with van der Waals surface area (Å²) >= 11 is 0. The number of benzene rings is 2. The second-order valence-electron chi connectivity index (χ2n) is 5.81. The number of hydrogen-bond acceptors (Lipinski definition) is 8. The molecule has 0 heterocycles. The van der Waals surface area contributed by atoms with E-state index in [2.05, 4.69) is 8.80 Å². The van der Waals surface area contributed by atoms with Crippen LogP contribution in [0.2, 0.25) is 0 Å². The molecule has 0 bridgehead atoms. The van der Waals surface area contributed by atoms with Crippen molar-refractivity contribution in [2.45, 2.75) is 23.6 Å². The third-order valence-corrected chi connectivity index (χ3v) is 6.09. The van der Waals surface area contributed by atoms with Crippen LogP contribution < -0.4 is 78.8 Å². The molecule has 162 valence electrons. The van der Waals surface area contributed by atoms with Crippen molar-refractivity contribution < 1.29 is 95.6 Å². The fourth-order valence-corrected chi connectivity index (χ4v) is 4.03. The summed E-state index contributed by atoms with van der Waals surface area (Å²) < 4.78 is 64.2. The van der Waals surface area contributed by atoms with Gasteiger partial charge in [0.15, 0.2) is 0 Å². The third kappa shape index (κ3) is 9.79. The topological polar surface area (TPSA) is 158 Å². The van der Waals surface area contributed by atoms with Crippen LogP contribution in [-0.4, -0.2) is 41.8 Å². The Balaban J connectivity index is 0.00000480. The largest absolute Gasteiger partial charge is 1.00 e. The van der Waals surface area contributed by atoms with Gasteiger partial charge in [0.05, 0.1) is 9.79 Å². The molecule has 0 radical (unpaired) electrons. The summed E-state index contributed by atoms with van der Waals surface area (Å²) in [7, 11) is -8.06. The summed E-state index contributed by atoms with van der Waals surface area (Å²) in [5.41, 5.74) is 0. The maximum atomic E-state index is 11.8. The number of sulfonamides is 2. The minimum absolute atomic E-state index is 0. The Hall–Kier alpha value is -1.12. The zero-order valence-corrected chi connectivity index (χ0v) is 23.6. The van der Waals surface area contributed by atoms with E-state index in [1.807, 2.05) is 0 Å². The first-order valence-electron chi connectivity index (χ1n) is 8.42. The molecule has 0 amide bonds. The summed E-state index contributed by atoms with van der Waals surface area (Å²) in [6.45, 7) is 2.35. The van der Waals surface area contributed by atoms with Crippen LogP contribution in [0.25, 0.3) is 0 Å². The minimum Gasteiger partial charge on any atom is -0.861 e. The summed E-state index contributed by atoms with van der Waals surface area (Å²) in [5.74, 6) is -0.863. The van der Waals surface area contributed by atoms with Gasteiger partial charge in [-0.25, -0.2) is 0 Å². The van der Waals surface area contributed by atoms with Crippen LogP contribution in [0.15, 0.2) is 67.1 Å². The van der Waals surface area contributed by atoms with Crippen LogP contribution in [-0.2, 0) is 20.0 Å². The van der Waals surface area contributed by atoms with Crippen LogP contribution in [0.3, 0.4) is 0 Å². The molecule has 0 aliphatic heterocycles. The Bertz CT molecular complexity index is 1050. The molecule has 0 unspecified atom stereocenters. The first-order chi connectivity index (χ1) is 14.0. The van der Waals surface area contributed by atoms with Gasteiger partial charge in [-0.3, -0.25) is 0 Å². The molecule has 0 saturated heterocycles. The van der Waals surface area contributed by atoms with E-state index < -0.39 is 31.8 Å². The van der Waals surface area contributed by atoms with Crippen molar-refractivity contribution in [2.75, 3.05) is 13.2 Å². The average Bonchev–Trinajstić information content (AvgIpc) is 2.64. The fourth-order valence-electron chi connectivity index (χ4n) is 2.18. The van der Waals surface area contributed by atoms with Gasteiger partial charge >= 0.3 is 59.1 Å². The van der Waals surface area contributed by atoms with Gasteiger partial charge in [0.2, 0.25) is 0 Å². The molecule has 2 aromatic rings. The zero-order chi connectivity index (χ0) is 22.4. The predicted molar refractivity (Wildman–Crippen MR) is 104 cm³/mol. The Morgan fingerprint density at radius 1 is 0.688 bits per heavy atom. The molecule has 14 heteroatoms. The molecule has 0 atom stereocenters. The first kappa shape index (κ1) is 30.9. The van der Waals surface area contributed by atoms with Crippen molar-refractivity contribution in [3.05, 3.63) is 48.5 Å². The second-order valence-corrected chi connectivity index (χ2v) is 9.02. The summed E-state index contributed by atoms with van der Waals surface area (Å²) in [6.07, 6.45) is 0. The Kier molecular flexibility index (Phi) is 13.1. The summed E-state index contributed by atoms with van der Waals surface area (Å²) in [4.78, 5) is -0.263. The number of ether oxygens (including phenoxy) is 2. The summed E-state index contributed by atoms with van der Waals surface area (Å²) in [6, 6.07) is 10.7. The van der Waals surface area contributed by atoms with Crippen molar-refractivity contribution in [1.29, 1.82) is 0 Å². The van der Waals surface area contributed by atoms with Gasteiger partial charge in [-0.05, 0) is 74.2 Å². The van der Waals surface area contributed by atoms with Gasteiger partial charge in [-0.15, -0.1) is 0 Å². The molecule has 0 aromatic heterocycles. The van der Waals surface area contributed by atoms with Crippen molar-refractivity contribution in [1.82, 2.24) is 0 Å². The second kappa shape index (κ2) is 13.6. The van der Waals surface area contributed by atoms with Crippen molar-refractivity contribution in [3.8, 4) is 11.5 Å². The van der Waals surface area contributed by atoms with E-state index in [1.165, 1.54) is 48.5 Å². The van der Waals surface area contributed by atoms with Gasteiger partial charge < -0.3 is 19.7 Å². The molecule has 2 rings (SSSR count). The SMILES string of the molecule is C/C([O-])=N/S(=O)(=O)c1ccc(OCCOc2ccc(S(=O)(=O)/N=C(/C)[O-])cc2)cc1.[Na+].[Na+]. The molecule has 0 saturated carbocycles. The molecule has 0 aliphatic rings. The number of nitrogens with zero attached hydrogens (tertiary/aromatic N) is 2.